The lowest BCUT2D eigenvalue weighted by Crippen LogP contribution is -3.13. The van der Waals surface area contributed by atoms with Gasteiger partial charge < -0.3 is 21.7 Å². The standard InChI is InChI=1S/C15H19N7O/c16-13(23)11-7-4-8-22(11)9-12-19-14(17)21-15(20-12)18-10-5-2-1-3-6-10/h1-3,5-6,11H,4,7-9H2,(H2,16,23)(H3,17,18,19,20,21)/p+1/t11-/m1/s1. The zero-order valence-electron chi connectivity index (χ0n) is 12.7. The van der Waals surface area contributed by atoms with E-state index in [1.165, 1.54) is 0 Å². The second-order valence-corrected chi connectivity index (χ2v) is 5.61. The summed E-state index contributed by atoms with van der Waals surface area (Å²) in [6.07, 6.45) is 1.78. The summed E-state index contributed by atoms with van der Waals surface area (Å²) < 4.78 is 0. The molecule has 1 aromatic carbocycles. The number of aromatic nitrogens is 3. The molecule has 6 N–H and O–H groups in total. The van der Waals surface area contributed by atoms with E-state index in [-0.39, 0.29) is 17.9 Å². The Hall–Kier alpha value is -2.74. The van der Waals surface area contributed by atoms with Crippen molar-refractivity contribution in [1.29, 1.82) is 0 Å². The van der Waals surface area contributed by atoms with E-state index in [0.29, 0.717) is 18.3 Å². The molecule has 8 nitrogen and oxygen atoms in total. The number of carbonyl (C=O) groups is 1. The van der Waals surface area contributed by atoms with E-state index < -0.39 is 0 Å². The molecule has 1 aliphatic rings. The first kappa shape index (κ1) is 15.2. The zero-order valence-corrected chi connectivity index (χ0v) is 12.7. The zero-order chi connectivity index (χ0) is 16.2. The third kappa shape index (κ3) is 3.72. The Labute approximate surface area is 133 Å². The molecule has 2 atom stereocenters. The molecule has 8 heteroatoms. The minimum atomic E-state index is -0.276. The first-order valence-corrected chi connectivity index (χ1v) is 7.58. The number of carbonyl (C=O) groups excluding carboxylic acids is 1. The molecule has 1 fully saturated rings. The summed E-state index contributed by atoms with van der Waals surface area (Å²) in [5.74, 6) is 0.830. The van der Waals surface area contributed by atoms with Crippen molar-refractivity contribution >= 4 is 23.5 Å². The van der Waals surface area contributed by atoms with Gasteiger partial charge in [0, 0.05) is 18.5 Å². The predicted octanol–water partition coefficient (Wildman–Crippen LogP) is -0.770. The van der Waals surface area contributed by atoms with Gasteiger partial charge in [-0.2, -0.15) is 15.0 Å². The second kappa shape index (κ2) is 6.57. The van der Waals surface area contributed by atoms with Crippen LogP contribution in [0.25, 0.3) is 0 Å². The fourth-order valence-corrected chi connectivity index (χ4v) is 2.89. The first-order valence-electron chi connectivity index (χ1n) is 7.58. The number of nitrogens with one attached hydrogen (secondary N) is 2. The summed E-state index contributed by atoms with van der Waals surface area (Å²) in [5, 5.41) is 3.10. The van der Waals surface area contributed by atoms with Gasteiger partial charge in [-0.25, -0.2) is 0 Å². The normalized spacial score (nSPS) is 20.3. The summed E-state index contributed by atoms with van der Waals surface area (Å²) in [4.78, 5) is 25.2. The fourth-order valence-electron chi connectivity index (χ4n) is 2.89. The van der Waals surface area contributed by atoms with Crippen molar-refractivity contribution in [3.05, 3.63) is 36.2 Å². The summed E-state index contributed by atoms with van der Waals surface area (Å²) in [6.45, 7) is 1.38. The van der Waals surface area contributed by atoms with Gasteiger partial charge in [0.15, 0.2) is 11.9 Å². The lowest BCUT2D eigenvalue weighted by molar-refractivity contribution is -0.917. The number of likely N-dealkylation sites (tertiary alicyclic amines) is 1. The third-order valence-corrected chi connectivity index (χ3v) is 3.94. The quantitative estimate of drug-likeness (QED) is 0.574. The number of para-hydroxylation sites is 1. The van der Waals surface area contributed by atoms with Crippen molar-refractivity contribution in [3.8, 4) is 0 Å². The molecule has 0 saturated carbocycles. The number of hydrogen-bond donors (Lipinski definition) is 4. The number of anilines is 3. The first-order chi connectivity index (χ1) is 11.1. The van der Waals surface area contributed by atoms with Crippen LogP contribution in [0.2, 0.25) is 0 Å². The number of primary amides is 1. The number of nitrogens with two attached hydrogens (primary N) is 2. The monoisotopic (exact) mass is 314 g/mol. The Kier molecular flexibility index (Phi) is 4.33. The molecule has 1 aromatic heterocycles. The molecule has 2 heterocycles. The highest BCUT2D eigenvalue weighted by molar-refractivity contribution is 5.78. The van der Waals surface area contributed by atoms with Gasteiger partial charge in [0.05, 0.1) is 6.54 Å². The van der Waals surface area contributed by atoms with Crippen LogP contribution in [0.15, 0.2) is 30.3 Å². The Morgan fingerprint density at radius 3 is 2.78 bits per heavy atom. The fraction of sp³-hybridized carbons (Fsp3) is 0.333. The minimum Gasteiger partial charge on any atom is -0.368 e. The van der Waals surface area contributed by atoms with E-state index in [1.54, 1.807) is 0 Å². The van der Waals surface area contributed by atoms with Gasteiger partial charge in [-0.3, -0.25) is 4.79 Å². The van der Waals surface area contributed by atoms with Crippen LogP contribution in [0.1, 0.15) is 18.7 Å². The SMILES string of the molecule is NC(=O)[C@H]1CCC[NH+]1Cc1nc(N)nc(Nc2ccccc2)n1. The van der Waals surface area contributed by atoms with Crippen LogP contribution >= 0.6 is 0 Å². The molecule has 0 radical (unpaired) electrons. The second-order valence-electron chi connectivity index (χ2n) is 5.61. The molecule has 23 heavy (non-hydrogen) atoms. The molecule has 0 spiro atoms. The van der Waals surface area contributed by atoms with Crippen molar-refractivity contribution in [1.82, 2.24) is 15.0 Å². The molecule has 0 bridgehead atoms. The number of benzene rings is 1. The molecule has 120 valence electrons. The van der Waals surface area contributed by atoms with Crippen molar-refractivity contribution in [2.75, 3.05) is 17.6 Å². The van der Waals surface area contributed by atoms with E-state index in [9.17, 15) is 4.79 Å². The average Bonchev–Trinajstić information content (AvgIpc) is 2.96. The van der Waals surface area contributed by atoms with Crippen molar-refractivity contribution in [3.63, 3.8) is 0 Å². The third-order valence-electron chi connectivity index (χ3n) is 3.94. The summed E-state index contributed by atoms with van der Waals surface area (Å²) in [7, 11) is 0. The lowest BCUT2D eigenvalue weighted by atomic mass is 10.2. The van der Waals surface area contributed by atoms with Crippen molar-refractivity contribution in [2.24, 2.45) is 5.73 Å². The molecular weight excluding hydrogens is 294 g/mol. The lowest BCUT2D eigenvalue weighted by Gasteiger charge is -2.18. The van der Waals surface area contributed by atoms with Crippen LogP contribution in [0, 0.1) is 0 Å². The summed E-state index contributed by atoms with van der Waals surface area (Å²) >= 11 is 0. The van der Waals surface area contributed by atoms with Gasteiger partial charge in [-0.15, -0.1) is 0 Å². The smallest absolute Gasteiger partial charge is 0.275 e. The maximum atomic E-state index is 11.5. The maximum Gasteiger partial charge on any atom is 0.275 e. The van der Waals surface area contributed by atoms with Gasteiger partial charge in [0.1, 0.15) is 6.54 Å². The summed E-state index contributed by atoms with van der Waals surface area (Å²) in [5.41, 5.74) is 12.1. The van der Waals surface area contributed by atoms with E-state index >= 15 is 0 Å². The van der Waals surface area contributed by atoms with Crippen LogP contribution in [0.5, 0.6) is 0 Å². The van der Waals surface area contributed by atoms with Gasteiger partial charge in [-0.05, 0) is 12.1 Å². The van der Waals surface area contributed by atoms with Crippen molar-refractivity contribution < 1.29 is 9.69 Å². The topological polar surface area (TPSA) is 124 Å². The maximum absolute atomic E-state index is 11.5. The van der Waals surface area contributed by atoms with Crippen LogP contribution in [0.4, 0.5) is 17.6 Å². The minimum absolute atomic E-state index is 0.155. The van der Waals surface area contributed by atoms with Crippen LogP contribution in [-0.4, -0.2) is 33.4 Å². The van der Waals surface area contributed by atoms with Gasteiger partial charge in [0.25, 0.3) is 5.91 Å². The highest BCUT2D eigenvalue weighted by Gasteiger charge is 2.33. The molecule has 2 aromatic rings. The Balaban J connectivity index is 1.76. The number of rotatable bonds is 5. The average molecular weight is 314 g/mol. The van der Waals surface area contributed by atoms with Gasteiger partial charge in [-0.1, -0.05) is 18.2 Å². The van der Waals surface area contributed by atoms with E-state index in [4.69, 9.17) is 11.5 Å². The Morgan fingerprint density at radius 1 is 1.26 bits per heavy atom. The molecule has 1 aliphatic heterocycles. The largest absolute Gasteiger partial charge is 0.368 e. The van der Waals surface area contributed by atoms with Crippen molar-refractivity contribution in [2.45, 2.75) is 25.4 Å². The highest BCUT2D eigenvalue weighted by atomic mass is 16.1. The molecule has 0 aliphatic carbocycles. The Morgan fingerprint density at radius 2 is 2.04 bits per heavy atom. The number of nitrogens with zero attached hydrogens (tertiary/aromatic N) is 3. The number of amides is 1. The molecule has 1 amide bonds. The van der Waals surface area contributed by atoms with Gasteiger partial charge >= 0.3 is 0 Å². The number of quaternary nitrogens is 1. The van der Waals surface area contributed by atoms with Crippen LogP contribution < -0.4 is 21.7 Å². The van der Waals surface area contributed by atoms with Crippen LogP contribution in [0.3, 0.4) is 0 Å². The summed E-state index contributed by atoms with van der Waals surface area (Å²) in [6, 6.07) is 9.40. The molecule has 3 rings (SSSR count). The number of hydrogen-bond acceptors (Lipinski definition) is 6. The molecular formula is C15H20N7O+. The number of nitrogen functional groups attached to an aromatic ring is 1. The van der Waals surface area contributed by atoms with E-state index in [0.717, 1.165) is 30.0 Å². The Bertz CT molecular complexity index is 691. The highest BCUT2D eigenvalue weighted by Crippen LogP contribution is 2.12. The molecule has 1 saturated heterocycles. The predicted molar refractivity (Wildman–Crippen MR) is 85.7 cm³/mol. The van der Waals surface area contributed by atoms with E-state index in [1.807, 2.05) is 30.3 Å². The van der Waals surface area contributed by atoms with Gasteiger partial charge in [0.2, 0.25) is 11.9 Å². The molecule has 1 unspecified atom stereocenters. The van der Waals surface area contributed by atoms with E-state index in [2.05, 4.69) is 20.3 Å². The van der Waals surface area contributed by atoms with Crippen LogP contribution in [-0.2, 0) is 11.3 Å².